The number of alkyl halides is 3. The van der Waals surface area contributed by atoms with Gasteiger partial charge in [0, 0.05) is 28.8 Å². The molecule has 0 saturated carbocycles. The van der Waals surface area contributed by atoms with E-state index in [0.717, 1.165) is 6.08 Å². The average Bonchev–Trinajstić information content (AvgIpc) is 2.54. The van der Waals surface area contributed by atoms with Crippen molar-refractivity contribution in [3.8, 4) is 0 Å². The number of rotatable bonds is 4. The minimum Gasteiger partial charge on any atom is -0.289 e. The summed E-state index contributed by atoms with van der Waals surface area (Å²) in [6.45, 7) is 3.83. The molecule has 0 aliphatic heterocycles. The molecule has 7 heteroatoms. The van der Waals surface area contributed by atoms with Gasteiger partial charge in [-0.2, -0.15) is 13.2 Å². The summed E-state index contributed by atoms with van der Waals surface area (Å²) in [5.74, 6) is -2.35. The van der Waals surface area contributed by atoms with Crippen LogP contribution in [0.15, 0.2) is 64.1 Å². The molecule has 0 saturated heterocycles. The Labute approximate surface area is 141 Å². The Balaban J connectivity index is 2.39. The maximum Gasteiger partial charge on any atom is 0.418 e. The second kappa shape index (κ2) is 6.96. The number of aliphatic imine (C=N–C) groups is 1. The molecular formula is C18H13F4NO2. The van der Waals surface area contributed by atoms with Gasteiger partial charge in [0.25, 0.3) is 0 Å². The van der Waals surface area contributed by atoms with Gasteiger partial charge in [-0.3, -0.25) is 14.6 Å². The number of nitrogens with zero attached hydrogens (tertiary/aromatic N) is 1. The van der Waals surface area contributed by atoms with Gasteiger partial charge >= 0.3 is 6.18 Å². The number of benzene rings is 1. The van der Waals surface area contributed by atoms with Crippen molar-refractivity contribution in [3.05, 3.63) is 70.2 Å². The van der Waals surface area contributed by atoms with E-state index in [1.165, 1.54) is 12.1 Å². The van der Waals surface area contributed by atoms with Crippen LogP contribution in [0, 0.1) is 0 Å². The van der Waals surface area contributed by atoms with Gasteiger partial charge in [0.15, 0.2) is 11.6 Å². The standard InChI is InChI=1S/C18H13F4NO2/c1-10(19)15(18(20,21)22)9-12(23-2)7-11-8-16(24)13-5-3-4-6-14(13)17(11)25/h3-6,8-9H,2,7H2,1H3/b12-9-,15-10-. The maximum absolute atomic E-state index is 13.2. The van der Waals surface area contributed by atoms with Crippen LogP contribution in [0.5, 0.6) is 0 Å². The van der Waals surface area contributed by atoms with Crippen LogP contribution in [0.4, 0.5) is 17.6 Å². The molecule has 0 fully saturated rings. The van der Waals surface area contributed by atoms with Crippen molar-refractivity contribution >= 4 is 18.3 Å². The van der Waals surface area contributed by atoms with E-state index >= 15 is 0 Å². The van der Waals surface area contributed by atoms with Crippen molar-refractivity contribution in [1.29, 1.82) is 0 Å². The number of hydrogen-bond acceptors (Lipinski definition) is 3. The normalized spacial score (nSPS) is 16.2. The summed E-state index contributed by atoms with van der Waals surface area (Å²) in [5, 5.41) is 0. The first-order chi connectivity index (χ1) is 11.6. The second-order valence-corrected chi connectivity index (χ2v) is 5.32. The molecule has 0 radical (unpaired) electrons. The Kier molecular flexibility index (Phi) is 5.15. The summed E-state index contributed by atoms with van der Waals surface area (Å²) in [6, 6.07) is 6.12. The van der Waals surface area contributed by atoms with E-state index < -0.39 is 29.1 Å². The molecule has 1 aromatic rings. The van der Waals surface area contributed by atoms with Gasteiger partial charge in [0.05, 0.1) is 5.57 Å². The molecule has 0 N–H and O–H groups in total. The Morgan fingerprint density at radius 3 is 2.32 bits per heavy atom. The van der Waals surface area contributed by atoms with Crippen molar-refractivity contribution in [2.75, 3.05) is 0 Å². The number of halogens is 4. The lowest BCUT2D eigenvalue weighted by molar-refractivity contribution is -0.0900. The molecule has 2 rings (SSSR count). The monoisotopic (exact) mass is 351 g/mol. The summed E-state index contributed by atoms with van der Waals surface area (Å²) >= 11 is 0. The minimum absolute atomic E-state index is 0.0274. The van der Waals surface area contributed by atoms with Crippen LogP contribution < -0.4 is 0 Å². The second-order valence-electron chi connectivity index (χ2n) is 5.32. The van der Waals surface area contributed by atoms with Crippen molar-refractivity contribution in [2.24, 2.45) is 4.99 Å². The number of hydrogen-bond donors (Lipinski definition) is 0. The topological polar surface area (TPSA) is 46.5 Å². The molecule has 0 aromatic heterocycles. The summed E-state index contributed by atoms with van der Waals surface area (Å²) in [7, 11) is 0. The van der Waals surface area contributed by atoms with Crippen LogP contribution in [-0.2, 0) is 0 Å². The van der Waals surface area contributed by atoms with Crippen molar-refractivity contribution in [2.45, 2.75) is 19.5 Å². The lowest BCUT2D eigenvalue weighted by Gasteiger charge is -2.15. The molecule has 0 amide bonds. The average molecular weight is 351 g/mol. The highest BCUT2D eigenvalue weighted by Gasteiger charge is 2.35. The molecule has 1 aromatic carbocycles. The van der Waals surface area contributed by atoms with Crippen molar-refractivity contribution < 1.29 is 27.2 Å². The predicted molar refractivity (Wildman–Crippen MR) is 85.3 cm³/mol. The number of Topliss-reactive ketones (excluding diaryl/α,β-unsaturated/α-hetero) is 1. The van der Waals surface area contributed by atoms with Gasteiger partial charge < -0.3 is 0 Å². The highest BCUT2D eigenvalue weighted by atomic mass is 19.4. The number of ketones is 2. The molecule has 0 bridgehead atoms. The van der Waals surface area contributed by atoms with Crippen LogP contribution in [0.1, 0.15) is 34.1 Å². The van der Waals surface area contributed by atoms with Gasteiger partial charge in [-0.15, -0.1) is 0 Å². The van der Waals surface area contributed by atoms with Crippen LogP contribution in [0.2, 0.25) is 0 Å². The van der Waals surface area contributed by atoms with E-state index in [4.69, 9.17) is 0 Å². The molecule has 0 heterocycles. The van der Waals surface area contributed by atoms with E-state index in [-0.39, 0.29) is 28.8 Å². The molecule has 0 atom stereocenters. The van der Waals surface area contributed by atoms with Gasteiger partial charge in [0.1, 0.15) is 5.83 Å². The first-order valence-corrected chi connectivity index (χ1v) is 7.14. The summed E-state index contributed by atoms with van der Waals surface area (Å²) in [4.78, 5) is 27.9. The molecule has 3 nitrogen and oxygen atoms in total. The molecule has 25 heavy (non-hydrogen) atoms. The SMILES string of the molecule is C=N/C(=C\C(=C(/C)F)C(F)(F)F)CC1=CC(=O)c2ccccc2C1=O. The minimum atomic E-state index is -4.91. The van der Waals surface area contributed by atoms with E-state index in [0.29, 0.717) is 13.0 Å². The van der Waals surface area contributed by atoms with Crippen LogP contribution >= 0.6 is 0 Å². The quantitative estimate of drug-likeness (QED) is 0.446. The number of allylic oxidation sites excluding steroid dienone is 5. The highest BCUT2D eigenvalue weighted by molar-refractivity contribution is 6.24. The molecule has 1 aliphatic carbocycles. The van der Waals surface area contributed by atoms with Gasteiger partial charge in [0.2, 0.25) is 0 Å². The van der Waals surface area contributed by atoms with Crippen LogP contribution in [-0.4, -0.2) is 24.5 Å². The van der Waals surface area contributed by atoms with E-state index in [1.54, 1.807) is 12.1 Å². The van der Waals surface area contributed by atoms with E-state index in [9.17, 15) is 27.2 Å². The summed E-state index contributed by atoms with van der Waals surface area (Å²) < 4.78 is 51.7. The van der Waals surface area contributed by atoms with E-state index in [2.05, 4.69) is 11.7 Å². The van der Waals surface area contributed by atoms with Crippen molar-refractivity contribution in [3.63, 3.8) is 0 Å². The Morgan fingerprint density at radius 1 is 1.20 bits per heavy atom. The first-order valence-electron chi connectivity index (χ1n) is 7.14. The maximum atomic E-state index is 13.2. The highest BCUT2D eigenvalue weighted by Crippen LogP contribution is 2.32. The zero-order valence-corrected chi connectivity index (χ0v) is 13.2. The number of fused-ring (bicyclic) bond motifs is 1. The van der Waals surface area contributed by atoms with Crippen molar-refractivity contribution in [1.82, 2.24) is 0 Å². The fraction of sp³-hybridized carbons (Fsp3) is 0.167. The first kappa shape index (κ1) is 18.5. The fourth-order valence-electron chi connectivity index (χ4n) is 2.39. The largest absolute Gasteiger partial charge is 0.418 e. The molecule has 1 aliphatic rings. The molecule has 0 unspecified atom stereocenters. The Hall–Kier alpha value is -2.83. The van der Waals surface area contributed by atoms with E-state index in [1.807, 2.05) is 0 Å². The fourth-order valence-corrected chi connectivity index (χ4v) is 2.39. The number of carbonyl (C=O) groups excluding carboxylic acids is 2. The van der Waals surface area contributed by atoms with Crippen LogP contribution in [0.3, 0.4) is 0 Å². The molecular weight excluding hydrogens is 338 g/mol. The predicted octanol–water partition coefficient (Wildman–Crippen LogP) is 4.77. The zero-order chi connectivity index (χ0) is 18.8. The third-order valence-corrected chi connectivity index (χ3v) is 3.60. The van der Waals surface area contributed by atoms with Gasteiger partial charge in [-0.25, -0.2) is 4.39 Å². The Bertz CT molecular complexity index is 841. The summed E-state index contributed by atoms with van der Waals surface area (Å²) in [5.41, 5.74) is -1.41. The summed E-state index contributed by atoms with van der Waals surface area (Å²) in [6.07, 6.45) is -3.73. The third-order valence-electron chi connectivity index (χ3n) is 3.60. The van der Waals surface area contributed by atoms with Gasteiger partial charge in [-0.05, 0) is 25.8 Å². The smallest absolute Gasteiger partial charge is 0.289 e. The van der Waals surface area contributed by atoms with Crippen LogP contribution in [0.25, 0.3) is 0 Å². The molecule has 130 valence electrons. The Morgan fingerprint density at radius 2 is 1.80 bits per heavy atom. The lowest BCUT2D eigenvalue weighted by Crippen LogP contribution is -2.17. The zero-order valence-electron chi connectivity index (χ0n) is 13.2. The third kappa shape index (κ3) is 3.99. The lowest BCUT2D eigenvalue weighted by atomic mass is 9.87. The molecule has 0 spiro atoms. The number of carbonyl (C=O) groups is 2. The van der Waals surface area contributed by atoms with Gasteiger partial charge in [-0.1, -0.05) is 24.3 Å².